The number of amides is 1. The number of nitrogens with one attached hydrogen (secondary N) is 1. The van der Waals surface area contributed by atoms with Crippen LogP contribution in [-0.2, 0) is 4.74 Å². The number of thioether (sulfide) groups is 1. The molecule has 1 fully saturated rings. The molecule has 0 bridgehead atoms. The van der Waals surface area contributed by atoms with E-state index in [1.807, 2.05) is 31.4 Å². The van der Waals surface area contributed by atoms with E-state index in [-0.39, 0.29) is 12.0 Å². The third-order valence-electron chi connectivity index (χ3n) is 4.03. The average Bonchev–Trinajstić information content (AvgIpc) is 2.53. The van der Waals surface area contributed by atoms with Crippen molar-refractivity contribution in [3.8, 4) is 0 Å². The third-order valence-corrected chi connectivity index (χ3v) is 4.75. The molecule has 1 N–H and O–H groups in total. The van der Waals surface area contributed by atoms with Crippen LogP contribution in [0.2, 0.25) is 0 Å². The normalized spacial score (nSPS) is 19.1. The molecule has 23 heavy (non-hydrogen) atoms. The van der Waals surface area contributed by atoms with Gasteiger partial charge in [0.25, 0.3) is 5.91 Å². The Morgan fingerprint density at radius 3 is 2.96 bits per heavy atom. The molecule has 0 spiro atoms. The second-order valence-electron chi connectivity index (χ2n) is 6.54. The van der Waals surface area contributed by atoms with Crippen molar-refractivity contribution in [1.82, 2.24) is 10.2 Å². The maximum absolute atomic E-state index is 12.4. The van der Waals surface area contributed by atoms with Crippen LogP contribution in [0.15, 0.2) is 23.1 Å². The maximum Gasteiger partial charge on any atom is 0.251 e. The lowest BCUT2D eigenvalue weighted by Crippen LogP contribution is -2.48. The predicted molar refractivity (Wildman–Crippen MR) is 96.3 cm³/mol. The zero-order valence-corrected chi connectivity index (χ0v) is 15.4. The standard InChI is InChI=1S/C18H28N2O2S/c1-13(2)11-20-7-8-22-15(12-20)10-19-18(21)17-9-16(23-4)6-5-14(17)3/h5-6,9,13,15H,7-8,10-12H2,1-4H3,(H,19,21). The number of rotatable bonds is 6. The van der Waals surface area contributed by atoms with E-state index < -0.39 is 0 Å². The molecule has 1 aliphatic heterocycles. The zero-order chi connectivity index (χ0) is 16.8. The average molecular weight is 337 g/mol. The first kappa shape index (κ1) is 18.3. The lowest BCUT2D eigenvalue weighted by atomic mass is 10.1. The first-order chi connectivity index (χ1) is 11.0. The van der Waals surface area contributed by atoms with Crippen LogP contribution >= 0.6 is 11.8 Å². The molecule has 5 heteroatoms. The fourth-order valence-electron chi connectivity index (χ4n) is 2.86. The molecular formula is C18H28N2O2S. The fourth-order valence-corrected chi connectivity index (χ4v) is 3.30. The topological polar surface area (TPSA) is 41.6 Å². The molecule has 0 radical (unpaired) electrons. The molecule has 1 atom stereocenters. The van der Waals surface area contributed by atoms with Gasteiger partial charge in [-0.05, 0) is 36.8 Å². The van der Waals surface area contributed by atoms with Crippen LogP contribution in [-0.4, -0.2) is 56.0 Å². The summed E-state index contributed by atoms with van der Waals surface area (Å²) < 4.78 is 5.79. The number of hydrogen-bond acceptors (Lipinski definition) is 4. The van der Waals surface area contributed by atoms with Crippen LogP contribution in [0.1, 0.15) is 29.8 Å². The van der Waals surface area contributed by atoms with Crippen LogP contribution in [0, 0.1) is 12.8 Å². The highest BCUT2D eigenvalue weighted by Gasteiger charge is 2.21. The molecule has 4 nitrogen and oxygen atoms in total. The van der Waals surface area contributed by atoms with Gasteiger partial charge in [-0.15, -0.1) is 11.8 Å². The Bertz CT molecular complexity index is 534. The van der Waals surface area contributed by atoms with Crippen molar-refractivity contribution in [3.63, 3.8) is 0 Å². The number of ether oxygens (including phenoxy) is 1. The van der Waals surface area contributed by atoms with Gasteiger partial charge in [0, 0.05) is 36.6 Å². The Hall–Kier alpha value is -1.04. The van der Waals surface area contributed by atoms with Gasteiger partial charge in [0.2, 0.25) is 0 Å². The molecule has 0 aromatic heterocycles. The highest BCUT2D eigenvalue weighted by molar-refractivity contribution is 7.98. The van der Waals surface area contributed by atoms with Gasteiger partial charge in [0.15, 0.2) is 0 Å². The first-order valence-corrected chi connectivity index (χ1v) is 9.49. The summed E-state index contributed by atoms with van der Waals surface area (Å²) >= 11 is 1.65. The highest BCUT2D eigenvalue weighted by atomic mass is 32.2. The second-order valence-corrected chi connectivity index (χ2v) is 7.42. The Morgan fingerprint density at radius 1 is 1.48 bits per heavy atom. The van der Waals surface area contributed by atoms with Crippen molar-refractivity contribution < 1.29 is 9.53 Å². The van der Waals surface area contributed by atoms with Crippen LogP contribution in [0.3, 0.4) is 0 Å². The van der Waals surface area contributed by atoms with Crippen LogP contribution in [0.25, 0.3) is 0 Å². The molecule has 1 aliphatic rings. The summed E-state index contributed by atoms with van der Waals surface area (Å²) in [5, 5.41) is 3.03. The Labute approximate surface area is 144 Å². The van der Waals surface area contributed by atoms with E-state index in [1.54, 1.807) is 11.8 Å². The van der Waals surface area contributed by atoms with Gasteiger partial charge >= 0.3 is 0 Å². The Morgan fingerprint density at radius 2 is 2.26 bits per heavy atom. The van der Waals surface area contributed by atoms with Crippen molar-refractivity contribution in [2.24, 2.45) is 5.92 Å². The van der Waals surface area contributed by atoms with E-state index in [4.69, 9.17) is 4.74 Å². The first-order valence-electron chi connectivity index (χ1n) is 8.26. The van der Waals surface area contributed by atoms with Crippen LogP contribution in [0.4, 0.5) is 0 Å². The van der Waals surface area contributed by atoms with Crippen molar-refractivity contribution >= 4 is 17.7 Å². The van der Waals surface area contributed by atoms with Gasteiger partial charge in [-0.25, -0.2) is 0 Å². The summed E-state index contributed by atoms with van der Waals surface area (Å²) in [6.07, 6.45) is 2.10. The van der Waals surface area contributed by atoms with E-state index in [1.165, 1.54) is 0 Å². The molecule has 1 amide bonds. The molecule has 128 valence electrons. The second kappa shape index (κ2) is 8.71. The van der Waals surface area contributed by atoms with Crippen LogP contribution < -0.4 is 5.32 Å². The minimum atomic E-state index is -0.0111. The lowest BCUT2D eigenvalue weighted by molar-refractivity contribution is -0.0295. The predicted octanol–water partition coefficient (Wildman–Crippen LogP) is 2.80. The Kier molecular flexibility index (Phi) is 6.93. The summed E-state index contributed by atoms with van der Waals surface area (Å²) in [6.45, 7) is 10.7. The number of nitrogens with zero attached hydrogens (tertiary/aromatic N) is 1. The largest absolute Gasteiger partial charge is 0.374 e. The van der Waals surface area contributed by atoms with Crippen molar-refractivity contribution in [2.75, 3.05) is 39.0 Å². The van der Waals surface area contributed by atoms with Gasteiger partial charge in [-0.3, -0.25) is 9.69 Å². The van der Waals surface area contributed by atoms with E-state index in [2.05, 4.69) is 24.1 Å². The summed E-state index contributed by atoms with van der Waals surface area (Å²) in [5.74, 6) is 0.642. The number of carbonyl (C=O) groups excluding carboxylic acids is 1. The van der Waals surface area contributed by atoms with Gasteiger partial charge < -0.3 is 10.1 Å². The molecule has 2 rings (SSSR count). The van der Waals surface area contributed by atoms with E-state index in [0.717, 1.165) is 42.3 Å². The number of hydrogen-bond donors (Lipinski definition) is 1. The van der Waals surface area contributed by atoms with E-state index >= 15 is 0 Å². The fraction of sp³-hybridized carbons (Fsp3) is 0.611. The molecular weight excluding hydrogens is 308 g/mol. The van der Waals surface area contributed by atoms with E-state index in [9.17, 15) is 4.79 Å². The number of aryl methyl sites for hydroxylation is 1. The molecule has 1 heterocycles. The van der Waals surface area contributed by atoms with Crippen molar-refractivity contribution in [1.29, 1.82) is 0 Å². The SMILES string of the molecule is CSc1ccc(C)c(C(=O)NCC2CN(CC(C)C)CCO2)c1. The minimum absolute atomic E-state index is 0.0111. The quantitative estimate of drug-likeness (QED) is 0.811. The maximum atomic E-state index is 12.4. The zero-order valence-electron chi connectivity index (χ0n) is 14.6. The van der Waals surface area contributed by atoms with Gasteiger partial charge in [0.1, 0.15) is 0 Å². The number of benzene rings is 1. The number of carbonyl (C=O) groups is 1. The van der Waals surface area contributed by atoms with Crippen LogP contribution in [0.5, 0.6) is 0 Å². The van der Waals surface area contributed by atoms with Gasteiger partial charge in [-0.1, -0.05) is 19.9 Å². The summed E-state index contributed by atoms with van der Waals surface area (Å²) in [7, 11) is 0. The lowest BCUT2D eigenvalue weighted by Gasteiger charge is -2.34. The third kappa shape index (κ3) is 5.52. The number of morpholine rings is 1. The summed E-state index contributed by atoms with van der Waals surface area (Å²) in [5.41, 5.74) is 1.76. The summed E-state index contributed by atoms with van der Waals surface area (Å²) in [4.78, 5) is 16.0. The van der Waals surface area contributed by atoms with E-state index in [0.29, 0.717) is 12.5 Å². The van der Waals surface area contributed by atoms with Crippen molar-refractivity contribution in [2.45, 2.75) is 31.8 Å². The molecule has 0 aliphatic carbocycles. The summed E-state index contributed by atoms with van der Waals surface area (Å²) in [6, 6.07) is 6.01. The van der Waals surface area contributed by atoms with Crippen molar-refractivity contribution in [3.05, 3.63) is 29.3 Å². The highest BCUT2D eigenvalue weighted by Crippen LogP contribution is 2.19. The minimum Gasteiger partial charge on any atom is -0.374 e. The monoisotopic (exact) mass is 336 g/mol. The molecule has 1 unspecified atom stereocenters. The molecule has 1 saturated heterocycles. The molecule has 1 aromatic carbocycles. The smallest absolute Gasteiger partial charge is 0.251 e. The van der Waals surface area contributed by atoms with Gasteiger partial charge in [0.05, 0.1) is 12.7 Å². The van der Waals surface area contributed by atoms with Gasteiger partial charge in [-0.2, -0.15) is 0 Å². The Balaban J connectivity index is 1.89. The molecule has 0 saturated carbocycles. The molecule has 1 aromatic rings.